The molecule has 1 aliphatic heterocycles. The van der Waals surface area contributed by atoms with Gasteiger partial charge in [-0.3, -0.25) is 9.59 Å². The molecule has 0 bridgehead atoms. The summed E-state index contributed by atoms with van der Waals surface area (Å²) in [5, 5.41) is 6.44. The maximum atomic E-state index is 13.7. The third-order valence-electron chi connectivity index (χ3n) is 6.35. The molecule has 4 rings (SSSR count). The Hall–Kier alpha value is -2.38. The molecule has 0 saturated carbocycles. The van der Waals surface area contributed by atoms with Gasteiger partial charge in [-0.25, -0.2) is 4.98 Å². The number of nitrogens with zero attached hydrogens (tertiary/aromatic N) is 1. The summed E-state index contributed by atoms with van der Waals surface area (Å²) in [7, 11) is 0. The van der Waals surface area contributed by atoms with Crippen molar-refractivity contribution in [1.82, 2.24) is 10.3 Å². The Morgan fingerprint density at radius 3 is 2.68 bits per heavy atom. The Bertz CT molecular complexity index is 1190. The van der Waals surface area contributed by atoms with Gasteiger partial charge in [0.15, 0.2) is 5.78 Å². The molecule has 180 valence electrons. The number of nitrogens with one attached hydrogen (secondary N) is 2. The number of allylic oxidation sites excluding steroid dienone is 3. The lowest BCUT2D eigenvalue weighted by Crippen LogP contribution is -2.39. The van der Waals surface area contributed by atoms with Crippen LogP contribution in [0.3, 0.4) is 0 Å². The second-order valence-electron chi connectivity index (χ2n) is 9.85. The Balaban J connectivity index is 1.85. The van der Waals surface area contributed by atoms with Gasteiger partial charge in [-0.05, 0) is 61.1 Å². The van der Waals surface area contributed by atoms with Crippen LogP contribution in [0.2, 0.25) is 0 Å². The molecular formula is C27H33N3O2S2. The third-order valence-corrected chi connectivity index (χ3v) is 8.83. The average Bonchev–Trinajstić information content (AvgIpc) is 3.16. The van der Waals surface area contributed by atoms with Gasteiger partial charge >= 0.3 is 0 Å². The molecule has 3 heterocycles. The number of rotatable bonds is 6. The van der Waals surface area contributed by atoms with Crippen molar-refractivity contribution in [2.45, 2.75) is 70.9 Å². The standard InChI is InChI=1S/C27H33N3O2S2/c1-7-17-11-18(26(34-17)33-8-2)23-22(25(32)30-21-10-9-15(3)14-28-21)16(4)29-19-12-27(5,6)13-20(31)24(19)23/h9-11,14,23,29H,7-8,12-13H2,1-6H3,(H,28,30,32)/t23-/m0/s1. The van der Waals surface area contributed by atoms with Crippen molar-refractivity contribution >= 4 is 40.6 Å². The number of hydrogen-bond acceptors (Lipinski definition) is 6. The van der Waals surface area contributed by atoms with Gasteiger partial charge < -0.3 is 10.6 Å². The van der Waals surface area contributed by atoms with Crippen molar-refractivity contribution in [2.75, 3.05) is 11.1 Å². The van der Waals surface area contributed by atoms with Crippen LogP contribution >= 0.6 is 23.1 Å². The predicted molar refractivity (Wildman–Crippen MR) is 141 cm³/mol. The molecule has 0 aromatic carbocycles. The number of thiophene rings is 1. The van der Waals surface area contributed by atoms with E-state index in [-0.39, 0.29) is 23.0 Å². The van der Waals surface area contributed by atoms with Crippen molar-refractivity contribution in [3.63, 3.8) is 0 Å². The molecule has 0 fully saturated rings. The number of dihydropyridines is 1. The molecule has 1 aliphatic carbocycles. The molecule has 7 heteroatoms. The minimum atomic E-state index is -0.379. The molecule has 0 unspecified atom stereocenters. The van der Waals surface area contributed by atoms with Gasteiger partial charge in [0, 0.05) is 46.0 Å². The largest absolute Gasteiger partial charge is 0.362 e. The zero-order valence-corrected chi connectivity index (χ0v) is 22.4. The van der Waals surface area contributed by atoms with E-state index in [4.69, 9.17) is 0 Å². The number of pyridine rings is 1. The second-order valence-corrected chi connectivity index (χ2v) is 12.5. The molecule has 2 aromatic heterocycles. The number of ketones is 1. The predicted octanol–water partition coefficient (Wildman–Crippen LogP) is 6.37. The van der Waals surface area contributed by atoms with Crippen molar-refractivity contribution in [2.24, 2.45) is 5.41 Å². The second kappa shape index (κ2) is 9.70. The maximum Gasteiger partial charge on any atom is 0.255 e. The smallest absolute Gasteiger partial charge is 0.255 e. The average molecular weight is 496 g/mol. The first-order valence-electron chi connectivity index (χ1n) is 11.9. The Morgan fingerprint density at radius 2 is 2.03 bits per heavy atom. The van der Waals surface area contributed by atoms with Gasteiger partial charge in [0.05, 0.1) is 4.21 Å². The summed E-state index contributed by atoms with van der Waals surface area (Å²) in [4.78, 5) is 32.9. The fourth-order valence-electron chi connectivity index (χ4n) is 4.83. The number of carbonyl (C=O) groups excluding carboxylic acids is 2. The number of carbonyl (C=O) groups is 2. The lowest BCUT2D eigenvalue weighted by molar-refractivity contribution is -0.118. The number of aromatic nitrogens is 1. The molecular weight excluding hydrogens is 462 g/mol. The van der Waals surface area contributed by atoms with E-state index in [0.29, 0.717) is 17.8 Å². The minimum absolute atomic E-state index is 0.108. The normalized spacial score (nSPS) is 19.7. The minimum Gasteiger partial charge on any atom is -0.362 e. The van der Waals surface area contributed by atoms with Crippen LogP contribution < -0.4 is 10.6 Å². The van der Waals surface area contributed by atoms with Crippen LogP contribution in [-0.4, -0.2) is 22.4 Å². The maximum absolute atomic E-state index is 13.7. The highest BCUT2D eigenvalue weighted by atomic mass is 32.2. The quantitative estimate of drug-likeness (QED) is 0.456. The summed E-state index contributed by atoms with van der Waals surface area (Å²) in [5.41, 5.74) is 5.13. The first-order chi connectivity index (χ1) is 16.1. The summed E-state index contributed by atoms with van der Waals surface area (Å²) < 4.78 is 1.20. The Labute approximate surface area is 210 Å². The molecule has 2 aromatic rings. The fraction of sp³-hybridized carbons (Fsp3) is 0.444. The monoisotopic (exact) mass is 495 g/mol. The van der Waals surface area contributed by atoms with Gasteiger partial charge in [-0.15, -0.1) is 23.1 Å². The topological polar surface area (TPSA) is 71.1 Å². The van der Waals surface area contributed by atoms with E-state index < -0.39 is 0 Å². The molecule has 1 amide bonds. The van der Waals surface area contributed by atoms with Crippen LogP contribution in [0.5, 0.6) is 0 Å². The van der Waals surface area contributed by atoms with E-state index in [0.717, 1.165) is 46.7 Å². The van der Waals surface area contributed by atoms with Crippen LogP contribution in [0.4, 0.5) is 5.82 Å². The van der Waals surface area contributed by atoms with E-state index in [1.165, 1.54) is 9.09 Å². The van der Waals surface area contributed by atoms with Gasteiger partial charge in [0.2, 0.25) is 0 Å². The Morgan fingerprint density at radius 1 is 1.26 bits per heavy atom. The van der Waals surface area contributed by atoms with E-state index in [2.05, 4.69) is 49.4 Å². The van der Waals surface area contributed by atoms with E-state index in [1.54, 1.807) is 29.3 Å². The van der Waals surface area contributed by atoms with Gasteiger partial charge in [0.1, 0.15) is 5.82 Å². The van der Waals surface area contributed by atoms with Gasteiger partial charge in [0.25, 0.3) is 5.91 Å². The third kappa shape index (κ3) is 4.86. The zero-order valence-electron chi connectivity index (χ0n) is 20.8. The molecule has 2 N–H and O–H groups in total. The van der Waals surface area contributed by atoms with Crippen LogP contribution in [-0.2, 0) is 16.0 Å². The lowest BCUT2D eigenvalue weighted by atomic mass is 9.69. The van der Waals surface area contributed by atoms with Crippen molar-refractivity contribution < 1.29 is 9.59 Å². The number of amides is 1. The number of anilines is 1. The van der Waals surface area contributed by atoms with E-state index in [1.807, 2.05) is 26.0 Å². The summed E-state index contributed by atoms with van der Waals surface area (Å²) in [6.07, 6.45) is 3.94. The SMILES string of the molecule is CCSc1sc(CC)cc1[C@H]1C(C(=O)Nc2ccc(C)cn2)=C(C)NC2=C1C(=O)CC(C)(C)C2. The molecule has 0 radical (unpaired) electrons. The molecule has 5 nitrogen and oxygen atoms in total. The summed E-state index contributed by atoms with van der Waals surface area (Å²) in [5.74, 6) is 0.981. The summed E-state index contributed by atoms with van der Waals surface area (Å²) in [6, 6.07) is 5.95. The number of Topliss-reactive ketones (excluding diaryl/α,β-unsaturated/α-hetero) is 1. The van der Waals surface area contributed by atoms with E-state index >= 15 is 0 Å². The molecule has 0 saturated heterocycles. The highest BCUT2D eigenvalue weighted by molar-refractivity contribution is 8.01. The van der Waals surface area contributed by atoms with E-state index in [9.17, 15) is 9.59 Å². The first-order valence-corrected chi connectivity index (χ1v) is 13.7. The van der Waals surface area contributed by atoms with Crippen molar-refractivity contribution in [3.8, 4) is 0 Å². The Kier molecular flexibility index (Phi) is 7.06. The molecule has 1 atom stereocenters. The van der Waals surface area contributed by atoms with Crippen molar-refractivity contribution in [1.29, 1.82) is 0 Å². The summed E-state index contributed by atoms with van der Waals surface area (Å²) in [6.45, 7) is 12.5. The molecule has 34 heavy (non-hydrogen) atoms. The molecule has 2 aliphatic rings. The van der Waals surface area contributed by atoms with Crippen molar-refractivity contribution in [3.05, 3.63) is 62.9 Å². The zero-order chi connectivity index (χ0) is 24.6. The van der Waals surface area contributed by atoms with Crippen LogP contribution in [0.15, 0.2) is 51.1 Å². The number of aryl methyl sites for hydroxylation is 2. The van der Waals surface area contributed by atoms with Crippen LogP contribution in [0, 0.1) is 12.3 Å². The summed E-state index contributed by atoms with van der Waals surface area (Å²) >= 11 is 3.57. The fourth-order valence-corrected chi connectivity index (χ4v) is 7.21. The first kappa shape index (κ1) is 24.7. The van der Waals surface area contributed by atoms with Gasteiger partial charge in [-0.2, -0.15) is 0 Å². The van der Waals surface area contributed by atoms with Crippen LogP contribution in [0.25, 0.3) is 0 Å². The van der Waals surface area contributed by atoms with Crippen LogP contribution in [0.1, 0.15) is 69.4 Å². The highest BCUT2D eigenvalue weighted by Gasteiger charge is 2.43. The highest BCUT2D eigenvalue weighted by Crippen LogP contribution is 2.50. The molecule has 0 spiro atoms. The lowest BCUT2D eigenvalue weighted by Gasteiger charge is -2.39. The number of hydrogen-bond donors (Lipinski definition) is 2. The number of thioether (sulfide) groups is 1. The van der Waals surface area contributed by atoms with Gasteiger partial charge in [-0.1, -0.05) is 33.8 Å².